The SMILES string of the molecule is COc1ccc([C@@H](CN=Cc2cc(Cl)cc([N+](=O)[O-])c2O)N2CCOCC2)cc1. The van der Waals surface area contributed by atoms with E-state index in [1.165, 1.54) is 12.3 Å². The first-order chi connectivity index (χ1) is 14.0. The van der Waals surface area contributed by atoms with Crippen LogP contribution in [-0.2, 0) is 4.74 Å². The highest BCUT2D eigenvalue weighted by Crippen LogP contribution is 2.32. The largest absolute Gasteiger partial charge is 0.502 e. The fourth-order valence-electron chi connectivity index (χ4n) is 3.24. The van der Waals surface area contributed by atoms with Gasteiger partial charge in [0, 0.05) is 36.0 Å². The number of morpholine rings is 1. The Morgan fingerprint density at radius 1 is 1.34 bits per heavy atom. The monoisotopic (exact) mass is 419 g/mol. The summed E-state index contributed by atoms with van der Waals surface area (Å²) in [6, 6.07) is 10.4. The van der Waals surface area contributed by atoms with Crippen molar-refractivity contribution in [3.63, 3.8) is 0 Å². The van der Waals surface area contributed by atoms with Crippen LogP contribution in [0.25, 0.3) is 0 Å². The van der Waals surface area contributed by atoms with Crippen molar-refractivity contribution in [2.75, 3.05) is 40.0 Å². The van der Waals surface area contributed by atoms with Gasteiger partial charge in [-0.3, -0.25) is 20.0 Å². The predicted octanol–water partition coefficient (Wildman–Crippen LogP) is 3.45. The highest BCUT2D eigenvalue weighted by Gasteiger charge is 2.23. The summed E-state index contributed by atoms with van der Waals surface area (Å²) in [4.78, 5) is 17.1. The van der Waals surface area contributed by atoms with Crippen molar-refractivity contribution in [1.29, 1.82) is 0 Å². The number of rotatable bonds is 7. The molecule has 0 unspecified atom stereocenters. The van der Waals surface area contributed by atoms with Crippen LogP contribution in [0.1, 0.15) is 17.2 Å². The first-order valence-corrected chi connectivity index (χ1v) is 9.50. The average molecular weight is 420 g/mol. The number of benzene rings is 2. The lowest BCUT2D eigenvalue weighted by atomic mass is 10.0. The van der Waals surface area contributed by atoms with Crippen molar-refractivity contribution in [3.8, 4) is 11.5 Å². The summed E-state index contributed by atoms with van der Waals surface area (Å²) < 4.78 is 10.7. The minimum Gasteiger partial charge on any atom is -0.502 e. The number of phenolic OH excluding ortho intramolecular Hbond substituents is 1. The summed E-state index contributed by atoms with van der Waals surface area (Å²) >= 11 is 5.94. The van der Waals surface area contributed by atoms with Gasteiger partial charge in [0.1, 0.15) is 5.75 Å². The molecule has 0 saturated carbocycles. The quantitative estimate of drug-likeness (QED) is 0.419. The van der Waals surface area contributed by atoms with E-state index < -0.39 is 16.4 Å². The van der Waals surface area contributed by atoms with E-state index in [0.717, 1.165) is 30.5 Å². The minimum absolute atomic E-state index is 0.00244. The van der Waals surface area contributed by atoms with E-state index in [1.54, 1.807) is 7.11 Å². The Morgan fingerprint density at radius 2 is 2.03 bits per heavy atom. The van der Waals surface area contributed by atoms with Gasteiger partial charge >= 0.3 is 5.69 Å². The summed E-state index contributed by atoms with van der Waals surface area (Å²) in [7, 11) is 1.62. The number of hydrogen-bond donors (Lipinski definition) is 1. The van der Waals surface area contributed by atoms with Crippen molar-refractivity contribution in [3.05, 3.63) is 62.7 Å². The van der Waals surface area contributed by atoms with Gasteiger partial charge in [-0.2, -0.15) is 0 Å². The molecule has 0 spiro atoms. The topological polar surface area (TPSA) is 97.4 Å². The molecular formula is C20H22ClN3O5. The maximum absolute atomic E-state index is 11.1. The summed E-state index contributed by atoms with van der Waals surface area (Å²) in [5.74, 6) is 0.324. The molecule has 1 N–H and O–H groups in total. The lowest BCUT2D eigenvalue weighted by molar-refractivity contribution is -0.385. The maximum Gasteiger partial charge on any atom is 0.312 e. The Bertz CT molecular complexity index is 882. The van der Waals surface area contributed by atoms with E-state index in [9.17, 15) is 15.2 Å². The van der Waals surface area contributed by atoms with Crippen molar-refractivity contribution >= 4 is 23.5 Å². The van der Waals surface area contributed by atoms with Crippen molar-refractivity contribution in [1.82, 2.24) is 4.90 Å². The van der Waals surface area contributed by atoms with Crippen molar-refractivity contribution in [2.45, 2.75) is 6.04 Å². The molecule has 0 aromatic heterocycles. The maximum atomic E-state index is 11.1. The predicted molar refractivity (Wildman–Crippen MR) is 110 cm³/mol. The Morgan fingerprint density at radius 3 is 2.66 bits per heavy atom. The Balaban J connectivity index is 1.83. The number of hydrogen-bond acceptors (Lipinski definition) is 7. The number of halogens is 1. The summed E-state index contributed by atoms with van der Waals surface area (Å²) in [5.41, 5.74) is 0.838. The number of aromatic hydroxyl groups is 1. The number of nitro benzene ring substituents is 1. The van der Waals surface area contributed by atoms with Crippen LogP contribution >= 0.6 is 11.6 Å². The standard InChI is InChI=1S/C20H22ClN3O5/c1-28-17-4-2-14(3-5-17)19(23-6-8-29-9-7-23)13-22-12-15-10-16(21)11-18(20(15)25)24(26)27/h2-5,10-12,19,25H,6-9,13H2,1H3/t19-/m1/s1. The lowest BCUT2D eigenvalue weighted by Crippen LogP contribution is -2.40. The van der Waals surface area contributed by atoms with Crippen LogP contribution in [0.15, 0.2) is 41.4 Å². The van der Waals surface area contributed by atoms with Crippen LogP contribution in [0.4, 0.5) is 5.69 Å². The van der Waals surface area contributed by atoms with Gasteiger partial charge in [-0.05, 0) is 23.8 Å². The zero-order chi connectivity index (χ0) is 20.8. The average Bonchev–Trinajstić information content (AvgIpc) is 2.74. The molecule has 0 amide bonds. The lowest BCUT2D eigenvalue weighted by Gasteiger charge is -2.34. The number of nitro groups is 1. The highest BCUT2D eigenvalue weighted by molar-refractivity contribution is 6.31. The van der Waals surface area contributed by atoms with E-state index in [0.29, 0.717) is 19.8 Å². The molecule has 1 saturated heterocycles. The summed E-state index contributed by atoms with van der Waals surface area (Å²) in [5, 5.41) is 21.4. The van der Waals surface area contributed by atoms with E-state index in [-0.39, 0.29) is 16.6 Å². The highest BCUT2D eigenvalue weighted by atomic mass is 35.5. The summed E-state index contributed by atoms with van der Waals surface area (Å²) in [6.45, 7) is 3.27. The van der Waals surface area contributed by atoms with Crippen LogP contribution in [0.5, 0.6) is 11.5 Å². The number of phenols is 1. The molecule has 29 heavy (non-hydrogen) atoms. The molecule has 154 valence electrons. The van der Waals surface area contributed by atoms with E-state index in [1.807, 2.05) is 24.3 Å². The van der Waals surface area contributed by atoms with Crippen LogP contribution in [-0.4, -0.2) is 61.1 Å². The van der Waals surface area contributed by atoms with Crippen LogP contribution in [0.2, 0.25) is 5.02 Å². The number of ether oxygens (including phenoxy) is 2. The molecule has 2 aromatic carbocycles. The van der Waals surface area contributed by atoms with Gasteiger partial charge in [-0.15, -0.1) is 0 Å². The van der Waals surface area contributed by atoms with Crippen molar-refractivity contribution in [2.24, 2.45) is 4.99 Å². The van der Waals surface area contributed by atoms with Crippen LogP contribution < -0.4 is 4.74 Å². The van der Waals surface area contributed by atoms with Gasteiger partial charge in [0.25, 0.3) is 0 Å². The molecule has 0 radical (unpaired) electrons. The van der Waals surface area contributed by atoms with Gasteiger partial charge in [-0.25, -0.2) is 0 Å². The zero-order valence-electron chi connectivity index (χ0n) is 16.0. The molecule has 8 nitrogen and oxygen atoms in total. The molecule has 2 aromatic rings. The molecule has 9 heteroatoms. The molecule has 1 aliphatic rings. The fraction of sp³-hybridized carbons (Fsp3) is 0.350. The van der Waals surface area contributed by atoms with E-state index >= 15 is 0 Å². The second-order valence-electron chi connectivity index (χ2n) is 6.55. The van der Waals surface area contributed by atoms with Crippen molar-refractivity contribution < 1.29 is 19.5 Å². The number of methoxy groups -OCH3 is 1. The molecule has 1 aliphatic heterocycles. The molecule has 1 heterocycles. The van der Waals surface area contributed by atoms with Gasteiger partial charge < -0.3 is 14.6 Å². The Kier molecular flexibility index (Phi) is 7.03. The van der Waals surface area contributed by atoms with Crippen LogP contribution in [0.3, 0.4) is 0 Å². The van der Waals surface area contributed by atoms with Gasteiger partial charge in [0.15, 0.2) is 0 Å². The van der Waals surface area contributed by atoms with Gasteiger partial charge in [-0.1, -0.05) is 23.7 Å². The first-order valence-electron chi connectivity index (χ1n) is 9.12. The molecule has 1 atom stereocenters. The third-order valence-corrected chi connectivity index (χ3v) is 4.99. The summed E-state index contributed by atoms with van der Waals surface area (Å²) in [6.07, 6.45) is 1.42. The van der Waals surface area contributed by atoms with E-state index in [2.05, 4.69) is 9.89 Å². The number of aliphatic imine (C=N–C) groups is 1. The smallest absolute Gasteiger partial charge is 0.312 e. The zero-order valence-corrected chi connectivity index (χ0v) is 16.7. The molecule has 1 fully saturated rings. The molecule has 0 bridgehead atoms. The second-order valence-corrected chi connectivity index (χ2v) is 6.99. The first kappa shape index (κ1) is 21.0. The van der Waals surface area contributed by atoms with E-state index in [4.69, 9.17) is 21.1 Å². The third kappa shape index (κ3) is 5.23. The minimum atomic E-state index is -0.674. The van der Waals surface area contributed by atoms with Crippen LogP contribution in [0, 0.1) is 10.1 Å². The number of nitrogens with zero attached hydrogens (tertiary/aromatic N) is 3. The van der Waals surface area contributed by atoms with Gasteiger partial charge in [0.2, 0.25) is 5.75 Å². The Labute approximate surface area is 173 Å². The fourth-order valence-corrected chi connectivity index (χ4v) is 3.46. The molecule has 0 aliphatic carbocycles. The normalized spacial score (nSPS) is 16.1. The molecular weight excluding hydrogens is 398 g/mol. The van der Waals surface area contributed by atoms with Gasteiger partial charge in [0.05, 0.1) is 37.8 Å². The second kappa shape index (κ2) is 9.69. The Hall–Kier alpha value is -2.68. The molecule has 3 rings (SSSR count). The third-order valence-electron chi connectivity index (χ3n) is 4.78.